The summed E-state index contributed by atoms with van der Waals surface area (Å²) in [7, 11) is 0. The minimum atomic E-state index is -1.10. The van der Waals surface area contributed by atoms with Crippen LogP contribution in [0.5, 0.6) is 0 Å². The van der Waals surface area contributed by atoms with Crippen molar-refractivity contribution in [3.8, 4) is 27.1 Å². The Bertz CT molecular complexity index is 1430. The van der Waals surface area contributed by atoms with Crippen LogP contribution in [0, 0.1) is 23.1 Å². The van der Waals surface area contributed by atoms with Crippen LogP contribution in [0.2, 0.25) is 0 Å². The van der Waals surface area contributed by atoms with E-state index in [-0.39, 0.29) is 18.2 Å². The Kier molecular flexibility index (Phi) is 7.50. The van der Waals surface area contributed by atoms with E-state index in [9.17, 15) is 23.4 Å². The fourth-order valence-electron chi connectivity index (χ4n) is 5.62. The first-order valence-corrected chi connectivity index (χ1v) is 15.8. The number of carbonyl (C=O) groups is 1. The molecular formula is C29H29F2N5O2S2. The summed E-state index contributed by atoms with van der Waals surface area (Å²) in [5.41, 5.74) is 2.34. The lowest BCUT2D eigenvalue weighted by Crippen LogP contribution is -2.44. The van der Waals surface area contributed by atoms with Gasteiger partial charge in [0.15, 0.2) is 0 Å². The van der Waals surface area contributed by atoms with E-state index < -0.39 is 34.6 Å². The first-order chi connectivity index (χ1) is 19.3. The molecule has 0 unspecified atom stereocenters. The van der Waals surface area contributed by atoms with Gasteiger partial charge in [-0.1, -0.05) is 23.3 Å². The second kappa shape index (κ2) is 11.1. The highest BCUT2D eigenvalue weighted by Crippen LogP contribution is 2.47. The molecule has 3 aliphatic rings. The highest BCUT2D eigenvalue weighted by molar-refractivity contribution is 7.91. The fraction of sp³-hybridized carbons (Fsp3) is 0.448. The normalized spacial score (nSPS) is 24.4. The van der Waals surface area contributed by atoms with Gasteiger partial charge in [-0.3, -0.25) is 9.78 Å². The molecule has 1 N–H and O–H groups in total. The summed E-state index contributed by atoms with van der Waals surface area (Å²) in [6.45, 7) is 1.48. The molecule has 1 aromatic carbocycles. The third kappa shape index (κ3) is 5.57. The van der Waals surface area contributed by atoms with E-state index in [4.69, 9.17) is 4.98 Å². The van der Waals surface area contributed by atoms with Gasteiger partial charge in [-0.25, -0.2) is 13.8 Å². The molecule has 11 heteroatoms. The number of halogens is 2. The Balaban J connectivity index is 1.37. The molecule has 2 saturated carbocycles. The smallest absolute Gasteiger partial charge is 0.225 e. The lowest BCUT2D eigenvalue weighted by Gasteiger charge is -2.32. The number of rotatable bonds is 6. The zero-order valence-corrected chi connectivity index (χ0v) is 23.4. The van der Waals surface area contributed by atoms with Crippen molar-refractivity contribution in [3.05, 3.63) is 54.2 Å². The number of hydrogen-bond acceptors (Lipinski definition) is 7. The summed E-state index contributed by atoms with van der Waals surface area (Å²) in [5.74, 6) is -0.484. The zero-order valence-electron chi connectivity index (χ0n) is 21.8. The van der Waals surface area contributed by atoms with Crippen LogP contribution in [0.1, 0.15) is 43.7 Å². The average Bonchev–Trinajstić information content (AvgIpc) is 3.60. The summed E-state index contributed by atoms with van der Waals surface area (Å²) in [6, 6.07) is 11.7. The van der Waals surface area contributed by atoms with E-state index in [0.29, 0.717) is 53.5 Å². The van der Waals surface area contributed by atoms with Gasteiger partial charge in [-0.15, -0.1) is 11.3 Å². The van der Waals surface area contributed by atoms with E-state index in [2.05, 4.69) is 21.3 Å². The van der Waals surface area contributed by atoms with Crippen molar-refractivity contribution in [2.24, 2.45) is 5.92 Å². The number of nitriles is 1. The molecule has 7 nitrogen and oxygen atoms in total. The zero-order chi connectivity index (χ0) is 27.9. The van der Waals surface area contributed by atoms with Crippen molar-refractivity contribution < 1.29 is 18.1 Å². The molecule has 3 atom stereocenters. The van der Waals surface area contributed by atoms with Gasteiger partial charge in [0.05, 0.1) is 35.9 Å². The van der Waals surface area contributed by atoms with Crippen LogP contribution in [-0.2, 0) is 16.0 Å². The maximum absolute atomic E-state index is 14.7. The Labute approximate surface area is 238 Å². The number of anilines is 1. The maximum atomic E-state index is 14.7. The van der Waals surface area contributed by atoms with Crippen LogP contribution in [0.3, 0.4) is 0 Å². The molecule has 6 rings (SSSR count). The average molecular weight is 582 g/mol. The Morgan fingerprint density at radius 2 is 1.93 bits per heavy atom. The number of benzene rings is 1. The van der Waals surface area contributed by atoms with Crippen LogP contribution < -0.4 is 10.2 Å². The second-order valence-electron chi connectivity index (χ2n) is 10.8. The van der Waals surface area contributed by atoms with E-state index >= 15 is 0 Å². The SMILES string of the molecule is N#CC1(NC(=O)[C@@H]2C[C@@H](F)CC[C@H]2c2nc(-c3cncc(F)c3)sc2-c2ccc(N3CC[S+]([O-])CC3)cc2)CC1. The van der Waals surface area contributed by atoms with Gasteiger partial charge in [0.25, 0.3) is 0 Å². The molecule has 0 spiro atoms. The predicted octanol–water partition coefficient (Wildman–Crippen LogP) is 4.97. The first-order valence-electron chi connectivity index (χ1n) is 13.5. The van der Waals surface area contributed by atoms with Gasteiger partial charge in [-0.05, 0) is 55.9 Å². The number of nitrogens with one attached hydrogen (secondary N) is 1. The molecule has 2 aromatic heterocycles. The number of pyridine rings is 1. The van der Waals surface area contributed by atoms with Crippen LogP contribution in [0.15, 0.2) is 42.7 Å². The van der Waals surface area contributed by atoms with Crippen molar-refractivity contribution in [3.63, 3.8) is 0 Å². The Hall–Kier alpha value is -3.07. The minimum absolute atomic E-state index is 0.0705. The largest absolute Gasteiger partial charge is 0.616 e. The number of aromatic nitrogens is 2. The summed E-state index contributed by atoms with van der Waals surface area (Å²) < 4.78 is 40.5. The summed E-state index contributed by atoms with van der Waals surface area (Å²) in [5, 5.41) is 13.0. The van der Waals surface area contributed by atoms with Crippen molar-refractivity contribution in [1.82, 2.24) is 15.3 Å². The lowest BCUT2D eigenvalue weighted by atomic mass is 9.75. The molecule has 208 valence electrons. The van der Waals surface area contributed by atoms with Crippen LogP contribution in [0.25, 0.3) is 21.0 Å². The molecule has 3 heterocycles. The molecule has 3 aromatic rings. The second-order valence-corrected chi connectivity index (χ2v) is 13.5. The molecule has 1 amide bonds. The quantitative estimate of drug-likeness (QED) is 0.412. The van der Waals surface area contributed by atoms with Crippen LogP contribution >= 0.6 is 11.3 Å². The van der Waals surface area contributed by atoms with Gasteiger partial charge < -0.3 is 14.8 Å². The third-order valence-corrected chi connectivity index (χ3v) is 10.5. The fourth-order valence-corrected chi connectivity index (χ4v) is 7.79. The molecular weight excluding hydrogens is 552 g/mol. The number of amides is 1. The lowest BCUT2D eigenvalue weighted by molar-refractivity contribution is -0.128. The van der Waals surface area contributed by atoms with Crippen molar-refractivity contribution >= 4 is 34.1 Å². The number of hydrogen-bond donors (Lipinski definition) is 1. The van der Waals surface area contributed by atoms with Crippen molar-refractivity contribution in [2.75, 3.05) is 29.5 Å². The summed E-state index contributed by atoms with van der Waals surface area (Å²) in [6.07, 6.45) is 3.64. The topological polar surface area (TPSA) is 105 Å². The highest BCUT2D eigenvalue weighted by Gasteiger charge is 2.48. The molecule has 40 heavy (non-hydrogen) atoms. The number of alkyl halides is 1. The van der Waals surface area contributed by atoms with Gasteiger partial charge >= 0.3 is 0 Å². The monoisotopic (exact) mass is 581 g/mol. The van der Waals surface area contributed by atoms with Gasteiger partial charge in [0.1, 0.15) is 34.0 Å². The van der Waals surface area contributed by atoms with E-state index in [1.54, 1.807) is 6.20 Å². The van der Waals surface area contributed by atoms with Gasteiger partial charge in [-0.2, -0.15) is 5.26 Å². The summed E-state index contributed by atoms with van der Waals surface area (Å²) >= 11 is 0.642. The van der Waals surface area contributed by atoms with Crippen molar-refractivity contribution in [1.29, 1.82) is 5.26 Å². The van der Waals surface area contributed by atoms with Gasteiger partial charge in [0, 0.05) is 29.3 Å². The molecule has 0 radical (unpaired) electrons. The molecule has 3 fully saturated rings. The highest BCUT2D eigenvalue weighted by atomic mass is 32.2. The van der Waals surface area contributed by atoms with Crippen molar-refractivity contribution in [2.45, 2.75) is 49.7 Å². The molecule has 1 saturated heterocycles. The van der Waals surface area contributed by atoms with Crippen LogP contribution in [0.4, 0.5) is 14.5 Å². The molecule has 0 bridgehead atoms. The third-order valence-electron chi connectivity index (χ3n) is 8.08. The van der Waals surface area contributed by atoms with Gasteiger partial charge in [0.2, 0.25) is 5.91 Å². The minimum Gasteiger partial charge on any atom is -0.616 e. The van der Waals surface area contributed by atoms with E-state index in [1.165, 1.54) is 17.4 Å². The predicted molar refractivity (Wildman–Crippen MR) is 152 cm³/mol. The molecule has 2 aliphatic carbocycles. The first kappa shape index (κ1) is 27.1. The molecule has 1 aliphatic heterocycles. The number of carbonyl (C=O) groups excluding carboxylic acids is 1. The van der Waals surface area contributed by atoms with Crippen LogP contribution in [-0.4, -0.2) is 56.7 Å². The summed E-state index contributed by atoms with van der Waals surface area (Å²) in [4.78, 5) is 25.4. The standard InChI is InChI=1S/C29H29F2N5O2S2/c30-20-3-6-23(24(14-20)27(37)35-29(17-32)7-8-29)25-26(39-28(34-25)19-13-21(31)16-33-15-19)18-1-4-22(5-2-18)36-9-11-40(38)12-10-36/h1-2,4-5,13,15-16,20,23-24H,3,6-12,14H2,(H,35,37)/t20-,23+,24+/m0/s1. The Morgan fingerprint density at radius 1 is 1.18 bits per heavy atom. The maximum Gasteiger partial charge on any atom is 0.225 e. The Morgan fingerprint density at radius 3 is 2.60 bits per heavy atom. The number of thiazole rings is 1. The number of nitrogens with zero attached hydrogens (tertiary/aromatic N) is 4. The van der Waals surface area contributed by atoms with E-state index in [1.807, 2.05) is 24.3 Å². The van der Waals surface area contributed by atoms with E-state index in [0.717, 1.165) is 35.4 Å².